The number of carbonyl (C=O) groups is 2. The summed E-state index contributed by atoms with van der Waals surface area (Å²) in [6.07, 6.45) is 0.812. The van der Waals surface area contributed by atoms with Crippen molar-refractivity contribution in [1.82, 2.24) is 4.31 Å². The molecule has 0 bridgehead atoms. The average Bonchev–Trinajstić information content (AvgIpc) is 2.98. The number of hydrogen-bond acceptors (Lipinski definition) is 5. The molecular weight excluding hydrogens is 310 g/mol. The fraction of sp³-hybridized carbons (Fsp3) is 0.429. The zero-order valence-corrected chi connectivity index (χ0v) is 12.9. The summed E-state index contributed by atoms with van der Waals surface area (Å²) in [5.74, 6) is -1.68. The summed E-state index contributed by atoms with van der Waals surface area (Å²) in [6.45, 7) is 2.09. The van der Waals surface area contributed by atoms with Crippen LogP contribution in [0.25, 0.3) is 0 Å². The second-order valence-corrected chi connectivity index (χ2v) is 6.75. The maximum atomic E-state index is 12.5. The molecule has 0 amide bonds. The van der Waals surface area contributed by atoms with Gasteiger partial charge < -0.3 is 9.84 Å². The Hall–Kier alpha value is -1.93. The van der Waals surface area contributed by atoms with Gasteiger partial charge in [-0.1, -0.05) is 0 Å². The predicted molar refractivity (Wildman–Crippen MR) is 76.9 cm³/mol. The van der Waals surface area contributed by atoms with E-state index in [0.717, 1.165) is 4.31 Å². The molecule has 7 nitrogen and oxygen atoms in total. The summed E-state index contributed by atoms with van der Waals surface area (Å²) in [7, 11) is -3.89. The Balaban J connectivity index is 2.26. The lowest BCUT2D eigenvalue weighted by Crippen LogP contribution is -2.40. The average molecular weight is 327 g/mol. The van der Waals surface area contributed by atoms with Crippen LogP contribution in [-0.2, 0) is 19.6 Å². The van der Waals surface area contributed by atoms with Crippen LogP contribution in [0, 0.1) is 0 Å². The van der Waals surface area contributed by atoms with E-state index in [1.54, 1.807) is 6.92 Å². The monoisotopic (exact) mass is 327 g/mol. The van der Waals surface area contributed by atoms with Crippen molar-refractivity contribution in [3.05, 3.63) is 29.8 Å². The first-order valence-electron chi connectivity index (χ1n) is 6.89. The highest BCUT2D eigenvalue weighted by Gasteiger charge is 2.39. The molecule has 2 rings (SSSR count). The molecule has 0 aromatic heterocycles. The van der Waals surface area contributed by atoms with E-state index in [4.69, 9.17) is 9.84 Å². The molecule has 0 saturated carbocycles. The predicted octanol–water partition coefficient (Wildman–Crippen LogP) is 1.10. The Morgan fingerprint density at radius 2 is 1.95 bits per heavy atom. The van der Waals surface area contributed by atoms with Crippen molar-refractivity contribution in [2.24, 2.45) is 0 Å². The number of rotatable bonds is 5. The maximum Gasteiger partial charge on any atom is 0.338 e. The first-order chi connectivity index (χ1) is 10.4. The van der Waals surface area contributed by atoms with Crippen molar-refractivity contribution < 1.29 is 27.9 Å². The molecule has 1 aliphatic rings. The number of ether oxygens (including phenoxy) is 1. The number of sulfonamides is 1. The Kier molecular flexibility index (Phi) is 4.82. The lowest BCUT2D eigenvalue weighted by molar-refractivity contribution is -0.140. The maximum absolute atomic E-state index is 12.5. The number of carboxylic acid groups (broad SMARTS) is 1. The minimum Gasteiger partial charge on any atom is -0.480 e. The Labute approximate surface area is 128 Å². The van der Waals surface area contributed by atoms with Gasteiger partial charge in [-0.15, -0.1) is 0 Å². The van der Waals surface area contributed by atoms with Crippen LogP contribution >= 0.6 is 0 Å². The molecule has 0 aliphatic carbocycles. The molecule has 1 aromatic carbocycles. The first kappa shape index (κ1) is 16.4. The SMILES string of the molecule is CCOC(=O)c1ccc(S(=O)(=O)N2CCC[C@@H]2C(=O)O)cc1. The number of carbonyl (C=O) groups excluding carboxylic acids is 1. The van der Waals surface area contributed by atoms with Crippen LogP contribution in [0.5, 0.6) is 0 Å². The Morgan fingerprint density at radius 3 is 2.50 bits per heavy atom. The highest BCUT2D eigenvalue weighted by molar-refractivity contribution is 7.89. The summed E-state index contributed by atoms with van der Waals surface area (Å²) in [6, 6.07) is 4.26. The van der Waals surface area contributed by atoms with Crippen LogP contribution in [0.1, 0.15) is 30.1 Å². The van der Waals surface area contributed by atoms with Gasteiger partial charge in [0.25, 0.3) is 0 Å². The highest BCUT2D eigenvalue weighted by Crippen LogP contribution is 2.26. The van der Waals surface area contributed by atoms with Gasteiger partial charge in [-0.3, -0.25) is 4.79 Å². The lowest BCUT2D eigenvalue weighted by atomic mass is 10.2. The Bertz CT molecular complexity index is 667. The van der Waals surface area contributed by atoms with Gasteiger partial charge in [0.05, 0.1) is 17.1 Å². The number of hydrogen-bond donors (Lipinski definition) is 1. The molecule has 1 aromatic rings. The minimum atomic E-state index is -3.89. The lowest BCUT2D eigenvalue weighted by Gasteiger charge is -2.21. The first-order valence-corrected chi connectivity index (χ1v) is 8.33. The third-order valence-electron chi connectivity index (χ3n) is 3.46. The number of aliphatic carboxylic acids is 1. The van der Waals surface area contributed by atoms with Crippen molar-refractivity contribution in [2.45, 2.75) is 30.7 Å². The molecule has 22 heavy (non-hydrogen) atoms. The van der Waals surface area contributed by atoms with Gasteiger partial charge in [0.15, 0.2) is 0 Å². The third kappa shape index (κ3) is 3.12. The van der Waals surface area contributed by atoms with Crippen LogP contribution in [-0.4, -0.2) is 49.0 Å². The van der Waals surface area contributed by atoms with Gasteiger partial charge in [-0.2, -0.15) is 4.31 Å². The van der Waals surface area contributed by atoms with E-state index in [1.807, 2.05) is 0 Å². The summed E-state index contributed by atoms with van der Waals surface area (Å²) in [4.78, 5) is 22.6. The van der Waals surface area contributed by atoms with Crippen molar-refractivity contribution >= 4 is 22.0 Å². The van der Waals surface area contributed by atoms with E-state index in [-0.39, 0.29) is 23.6 Å². The molecule has 0 unspecified atom stereocenters. The molecule has 0 spiro atoms. The fourth-order valence-corrected chi connectivity index (χ4v) is 4.04. The molecule has 0 radical (unpaired) electrons. The normalized spacial score (nSPS) is 19.0. The zero-order chi connectivity index (χ0) is 16.3. The van der Waals surface area contributed by atoms with Crippen molar-refractivity contribution in [1.29, 1.82) is 0 Å². The van der Waals surface area contributed by atoms with Gasteiger partial charge in [-0.05, 0) is 44.0 Å². The summed E-state index contributed by atoms with van der Waals surface area (Å²) in [5, 5.41) is 9.10. The third-order valence-corrected chi connectivity index (χ3v) is 5.38. The van der Waals surface area contributed by atoms with Gasteiger partial charge in [0.1, 0.15) is 6.04 Å². The molecule has 1 heterocycles. The molecule has 1 N–H and O–H groups in total. The van der Waals surface area contributed by atoms with Crippen LogP contribution in [0.4, 0.5) is 0 Å². The quantitative estimate of drug-likeness (QED) is 0.813. The summed E-state index contributed by atoms with van der Waals surface area (Å²) < 4.78 is 30.8. The summed E-state index contributed by atoms with van der Waals surface area (Å²) in [5.41, 5.74) is 0.247. The van der Waals surface area contributed by atoms with Crippen molar-refractivity contribution in [3.8, 4) is 0 Å². The van der Waals surface area contributed by atoms with E-state index in [1.165, 1.54) is 24.3 Å². The van der Waals surface area contributed by atoms with Gasteiger partial charge in [0.2, 0.25) is 10.0 Å². The molecule has 1 fully saturated rings. The van der Waals surface area contributed by atoms with E-state index in [0.29, 0.717) is 12.8 Å². The van der Waals surface area contributed by atoms with Crippen LogP contribution in [0.2, 0.25) is 0 Å². The van der Waals surface area contributed by atoms with Crippen molar-refractivity contribution in [2.75, 3.05) is 13.2 Å². The molecular formula is C14H17NO6S. The van der Waals surface area contributed by atoms with Crippen LogP contribution in [0.15, 0.2) is 29.2 Å². The second-order valence-electron chi connectivity index (χ2n) is 4.86. The van der Waals surface area contributed by atoms with E-state index >= 15 is 0 Å². The van der Waals surface area contributed by atoms with E-state index in [2.05, 4.69) is 0 Å². The number of esters is 1. The molecule has 1 atom stereocenters. The number of benzene rings is 1. The van der Waals surface area contributed by atoms with Crippen molar-refractivity contribution in [3.63, 3.8) is 0 Å². The standard InChI is InChI=1S/C14H17NO6S/c1-2-21-14(18)10-5-7-11(8-6-10)22(19,20)15-9-3-4-12(15)13(16)17/h5-8,12H,2-4,9H2,1H3,(H,16,17)/t12-/m1/s1. The number of nitrogens with zero attached hydrogens (tertiary/aromatic N) is 1. The highest BCUT2D eigenvalue weighted by atomic mass is 32.2. The van der Waals surface area contributed by atoms with Gasteiger partial charge in [0, 0.05) is 6.54 Å². The van der Waals surface area contributed by atoms with Crippen LogP contribution in [0.3, 0.4) is 0 Å². The van der Waals surface area contributed by atoms with E-state index < -0.39 is 28.0 Å². The largest absolute Gasteiger partial charge is 0.480 e. The fourth-order valence-electron chi connectivity index (χ4n) is 2.39. The molecule has 1 saturated heterocycles. The zero-order valence-electron chi connectivity index (χ0n) is 12.1. The topological polar surface area (TPSA) is 101 Å². The smallest absolute Gasteiger partial charge is 0.338 e. The number of carboxylic acids is 1. The van der Waals surface area contributed by atoms with Gasteiger partial charge in [-0.25, -0.2) is 13.2 Å². The molecule has 120 valence electrons. The summed E-state index contributed by atoms with van der Waals surface area (Å²) >= 11 is 0. The molecule has 8 heteroatoms. The second kappa shape index (κ2) is 6.45. The molecule has 1 aliphatic heterocycles. The minimum absolute atomic E-state index is 0.0336. The van der Waals surface area contributed by atoms with Gasteiger partial charge >= 0.3 is 11.9 Å². The Morgan fingerprint density at radius 1 is 1.32 bits per heavy atom. The van der Waals surface area contributed by atoms with E-state index in [9.17, 15) is 18.0 Å². The van der Waals surface area contributed by atoms with Crippen LogP contribution < -0.4 is 0 Å².